The lowest BCUT2D eigenvalue weighted by Crippen LogP contribution is -2.31. The third kappa shape index (κ3) is 6.37. The number of benzene rings is 1. The summed E-state index contributed by atoms with van der Waals surface area (Å²) in [6.07, 6.45) is -0.865. The molecule has 1 aromatic carbocycles. The smallest absolute Gasteiger partial charge is 0.408 e. The van der Waals surface area contributed by atoms with Gasteiger partial charge in [0.15, 0.2) is 0 Å². The maximum atomic E-state index is 11.4. The van der Waals surface area contributed by atoms with Crippen LogP contribution in [0.3, 0.4) is 0 Å². The molecule has 0 aliphatic heterocycles. The van der Waals surface area contributed by atoms with E-state index in [2.05, 4.69) is 4.84 Å². The quantitative estimate of drug-likeness (QED) is 0.678. The molecule has 1 aromatic rings. The molecule has 1 N–H and O–H groups in total. The molecule has 0 spiro atoms. The van der Waals surface area contributed by atoms with Crippen molar-refractivity contribution in [1.29, 1.82) is 0 Å². The van der Waals surface area contributed by atoms with Gasteiger partial charge in [0.05, 0.1) is 11.3 Å². The number of amides is 1. The summed E-state index contributed by atoms with van der Waals surface area (Å²) < 4.78 is 4.78. The fraction of sp³-hybridized carbons (Fsp3) is 0.385. The van der Waals surface area contributed by atoms with Crippen molar-refractivity contribution in [2.75, 3.05) is 0 Å². The van der Waals surface area contributed by atoms with Crippen molar-refractivity contribution < 1.29 is 24.1 Å². The van der Waals surface area contributed by atoms with Gasteiger partial charge in [0, 0.05) is 12.1 Å². The van der Waals surface area contributed by atoms with Crippen LogP contribution in [0.5, 0.6) is 5.75 Å². The molecule has 0 atom stereocenters. The number of nitrogens with one attached hydrogen (secondary N) is 1. The van der Waals surface area contributed by atoms with Crippen LogP contribution in [-0.4, -0.2) is 17.0 Å². The molecule has 21 heavy (non-hydrogen) atoms. The molecule has 0 bridgehead atoms. The van der Waals surface area contributed by atoms with Crippen LogP contribution >= 0.6 is 0 Å². The molecule has 1 rings (SSSR count). The van der Waals surface area contributed by atoms with Gasteiger partial charge in [-0.05, 0) is 17.5 Å². The van der Waals surface area contributed by atoms with Gasteiger partial charge in [-0.2, -0.15) is 0 Å². The van der Waals surface area contributed by atoms with E-state index in [9.17, 15) is 19.7 Å². The van der Waals surface area contributed by atoms with Crippen LogP contribution in [0.1, 0.15) is 27.2 Å². The molecule has 1 amide bonds. The molecule has 0 fully saturated rings. The number of nitrogens with zero attached hydrogens (tertiary/aromatic N) is 1. The summed E-state index contributed by atoms with van der Waals surface area (Å²) in [5, 5.41) is 10.5. The van der Waals surface area contributed by atoms with Gasteiger partial charge in [0.1, 0.15) is 5.75 Å². The zero-order valence-electron chi connectivity index (χ0n) is 11.9. The lowest BCUT2D eigenvalue weighted by atomic mass is 9.93. The zero-order chi connectivity index (χ0) is 16.0. The van der Waals surface area contributed by atoms with Crippen LogP contribution in [0.4, 0.5) is 10.5 Å². The lowest BCUT2D eigenvalue weighted by molar-refractivity contribution is -0.384. The molecule has 0 aliphatic carbocycles. The summed E-state index contributed by atoms with van der Waals surface area (Å²) in [6, 6.07) is 4.89. The Kier molecular flexibility index (Phi) is 5.23. The lowest BCUT2D eigenvalue weighted by Gasteiger charge is -2.16. The van der Waals surface area contributed by atoms with Gasteiger partial charge in [-0.25, -0.2) is 9.59 Å². The van der Waals surface area contributed by atoms with Crippen LogP contribution in [-0.2, 0) is 9.63 Å². The summed E-state index contributed by atoms with van der Waals surface area (Å²) in [5.74, 6) is -0.506. The Morgan fingerprint density at radius 2 is 1.81 bits per heavy atom. The minimum atomic E-state index is -0.994. The van der Waals surface area contributed by atoms with Gasteiger partial charge >= 0.3 is 12.1 Å². The van der Waals surface area contributed by atoms with Crippen LogP contribution in [0.25, 0.3) is 0 Å². The molecule has 0 aromatic heterocycles. The number of hydroxylamine groups is 1. The Bertz CT molecular complexity index is 533. The second-order valence-electron chi connectivity index (χ2n) is 5.45. The SMILES string of the molecule is CC(C)(C)CC(=O)ONC(=O)Oc1ccc([N+](=O)[O-])cc1. The molecule has 0 heterocycles. The van der Waals surface area contributed by atoms with E-state index in [-0.39, 0.29) is 23.3 Å². The highest BCUT2D eigenvalue weighted by Crippen LogP contribution is 2.19. The van der Waals surface area contributed by atoms with E-state index in [0.717, 1.165) is 0 Å². The molecular weight excluding hydrogens is 280 g/mol. The van der Waals surface area contributed by atoms with E-state index in [1.807, 2.05) is 26.3 Å². The van der Waals surface area contributed by atoms with Crippen molar-refractivity contribution in [1.82, 2.24) is 5.48 Å². The summed E-state index contributed by atoms with van der Waals surface area (Å²) in [4.78, 5) is 37.1. The Hall–Kier alpha value is -2.64. The molecule has 8 nitrogen and oxygen atoms in total. The Morgan fingerprint density at radius 1 is 1.24 bits per heavy atom. The number of rotatable bonds is 3. The predicted molar refractivity (Wildman–Crippen MR) is 72.4 cm³/mol. The average Bonchev–Trinajstić information content (AvgIpc) is 2.35. The number of carbonyl (C=O) groups excluding carboxylic acids is 2. The minimum Gasteiger partial charge on any atom is -0.408 e. The molecule has 0 aliphatic rings. The third-order valence-corrected chi connectivity index (χ3v) is 2.18. The summed E-state index contributed by atoms with van der Waals surface area (Å²) >= 11 is 0. The molecule has 114 valence electrons. The predicted octanol–water partition coefficient (Wildman–Crippen LogP) is 2.58. The van der Waals surface area contributed by atoms with E-state index in [1.54, 1.807) is 0 Å². The second kappa shape index (κ2) is 6.69. The van der Waals surface area contributed by atoms with Crippen molar-refractivity contribution in [3.63, 3.8) is 0 Å². The number of nitro groups is 1. The standard InChI is InChI=1S/C13H16N2O6/c1-13(2,3)8-11(16)21-14-12(17)20-10-6-4-9(5-7-10)15(18)19/h4-7H,8H2,1-3H3,(H,14,17). The van der Waals surface area contributed by atoms with Gasteiger partial charge in [0.2, 0.25) is 0 Å². The highest BCUT2D eigenvalue weighted by Gasteiger charge is 2.18. The highest BCUT2D eigenvalue weighted by atomic mass is 16.7. The third-order valence-electron chi connectivity index (χ3n) is 2.18. The molecule has 0 radical (unpaired) electrons. The monoisotopic (exact) mass is 296 g/mol. The van der Waals surface area contributed by atoms with E-state index in [4.69, 9.17) is 4.74 Å². The van der Waals surface area contributed by atoms with E-state index in [1.165, 1.54) is 24.3 Å². The molecular formula is C13H16N2O6. The van der Waals surface area contributed by atoms with Crippen molar-refractivity contribution in [2.24, 2.45) is 5.41 Å². The van der Waals surface area contributed by atoms with Crippen LogP contribution < -0.4 is 10.2 Å². The fourth-order valence-corrected chi connectivity index (χ4v) is 1.33. The summed E-state index contributed by atoms with van der Waals surface area (Å²) in [5.41, 5.74) is 1.46. The maximum Gasteiger partial charge on any atom is 0.446 e. The van der Waals surface area contributed by atoms with Gasteiger partial charge in [0.25, 0.3) is 5.69 Å². The van der Waals surface area contributed by atoms with Crippen molar-refractivity contribution in [3.05, 3.63) is 34.4 Å². The molecule has 0 unspecified atom stereocenters. The number of non-ortho nitro benzene ring substituents is 1. The van der Waals surface area contributed by atoms with E-state index < -0.39 is 17.0 Å². The summed E-state index contributed by atoms with van der Waals surface area (Å²) in [7, 11) is 0. The Labute approximate surface area is 121 Å². The maximum absolute atomic E-state index is 11.4. The number of ether oxygens (including phenoxy) is 1. The first-order chi connectivity index (χ1) is 9.67. The first-order valence-corrected chi connectivity index (χ1v) is 6.09. The van der Waals surface area contributed by atoms with E-state index in [0.29, 0.717) is 0 Å². The van der Waals surface area contributed by atoms with Crippen LogP contribution in [0.2, 0.25) is 0 Å². The average molecular weight is 296 g/mol. The number of hydrogen-bond acceptors (Lipinski definition) is 6. The van der Waals surface area contributed by atoms with Gasteiger partial charge in [-0.15, -0.1) is 5.48 Å². The summed E-state index contributed by atoms with van der Waals surface area (Å²) in [6.45, 7) is 5.55. The zero-order valence-corrected chi connectivity index (χ0v) is 11.9. The molecule has 0 saturated carbocycles. The van der Waals surface area contributed by atoms with Gasteiger partial charge < -0.3 is 9.57 Å². The minimum absolute atomic E-state index is 0.0879. The van der Waals surface area contributed by atoms with E-state index >= 15 is 0 Å². The molecule has 0 saturated heterocycles. The van der Waals surface area contributed by atoms with Crippen molar-refractivity contribution in [3.8, 4) is 5.75 Å². The van der Waals surface area contributed by atoms with Gasteiger partial charge in [-0.1, -0.05) is 20.8 Å². The topological polar surface area (TPSA) is 108 Å². The number of hydrogen-bond donors (Lipinski definition) is 1. The van der Waals surface area contributed by atoms with Gasteiger partial charge in [-0.3, -0.25) is 10.1 Å². The normalized spacial score (nSPS) is 10.6. The number of carbonyl (C=O) groups is 2. The highest BCUT2D eigenvalue weighted by molar-refractivity contribution is 5.74. The first kappa shape index (κ1) is 16.4. The van der Waals surface area contributed by atoms with Crippen molar-refractivity contribution >= 4 is 17.7 Å². The van der Waals surface area contributed by atoms with Crippen LogP contribution in [0.15, 0.2) is 24.3 Å². The second-order valence-corrected chi connectivity index (χ2v) is 5.45. The molecule has 8 heteroatoms. The largest absolute Gasteiger partial charge is 0.446 e. The Balaban J connectivity index is 2.43. The van der Waals surface area contributed by atoms with Crippen LogP contribution in [0, 0.1) is 15.5 Å². The Morgan fingerprint density at radius 3 is 2.29 bits per heavy atom. The first-order valence-electron chi connectivity index (χ1n) is 6.09. The fourth-order valence-electron chi connectivity index (χ4n) is 1.33. The number of nitro benzene ring substituents is 1. The van der Waals surface area contributed by atoms with Crippen molar-refractivity contribution in [2.45, 2.75) is 27.2 Å².